The monoisotopic (exact) mass is 301 g/mol. The summed E-state index contributed by atoms with van der Waals surface area (Å²) >= 11 is 0. The Kier molecular flexibility index (Phi) is 4.03. The highest BCUT2D eigenvalue weighted by atomic mass is 16.8. The van der Waals surface area contributed by atoms with Gasteiger partial charge >= 0.3 is 6.09 Å². The van der Waals surface area contributed by atoms with E-state index in [0.29, 0.717) is 0 Å². The van der Waals surface area contributed by atoms with Gasteiger partial charge in [0.25, 0.3) is 5.91 Å². The molecule has 2 aliphatic heterocycles. The van der Waals surface area contributed by atoms with Crippen molar-refractivity contribution in [1.82, 2.24) is 4.90 Å². The molecule has 0 aromatic heterocycles. The molecule has 2 aliphatic rings. The third kappa shape index (κ3) is 3.20. The zero-order valence-corrected chi connectivity index (χ0v) is 13.3. The molecule has 0 aliphatic carbocycles. The van der Waals surface area contributed by atoms with Crippen molar-refractivity contribution in [3.63, 3.8) is 0 Å². The fourth-order valence-corrected chi connectivity index (χ4v) is 2.59. The van der Waals surface area contributed by atoms with Gasteiger partial charge in [-0.2, -0.15) is 0 Å². The van der Waals surface area contributed by atoms with Crippen molar-refractivity contribution in [3.05, 3.63) is 0 Å². The molecule has 3 atom stereocenters. The third-order valence-electron chi connectivity index (χ3n) is 3.25. The van der Waals surface area contributed by atoms with Crippen molar-refractivity contribution in [2.45, 2.75) is 64.3 Å². The van der Waals surface area contributed by atoms with Crippen LogP contribution in [0.25, 0.3) is 0 Å². The van der Waals surface area contributed by atoms with E-state index in [0.717, 1.165) is 4.90 Å². The number of fused-ring (bicyclic) bond motifs is 1. The van der Waals surface area contributed by atoms with Gasteiger partial charge in [0, 0.05) is 7.11 Å². The second-order valence-corrected chi connectivity index (χ2v) is 6.73. The largest absolute Gasteiger partial charge is 0.443 e. The predicted molar refractivity (Wildman–Crippen MR) is 72.6 cm³/mol. The van der Waals surface area contributed by atoms with Crippen LogP contribution in [-0.4, -0.2) is 60.3 Å². The number of rotatable bonds is 2. The number of amides is 2. The molecule has 2 amide bonds. The van der Waals surface area contributed by atoms with E-state index in [4.69, 9.17) is 18.9 Å². The lowest BCUT2D eigenvalue weighted by Crippen LogP contribution is -2.48. The van der Waals surface area contributed by atoms with E-state index in [1.165, 1.54) is 7.11 Å². The summed E-state index contributed by atoms with van der Waals surface area (Å²) in [6.07, 6.45) is -2.04. The Morgan fingerprint density at radius 1 is 1.33 bits per heavy atom. The fourth-order valence-electron chi connectivity index (χ4n) is 2.59. The highest BCUT2D eigenvalue weighted by Gasteiger charge is 2.60. The molecular formula is C14H23NO6. The highest BCUT2D eigenvalue weighted by molar-refractivity contribution is 5.98. The van der Waals surface area contributed by atoms with Crippen LogP contribution in [0.15, 0.2) is 0 Å². The maximum absolute atomic E-state index is 12.5. The SMILES string of the molecule is COCC1C2OC(C)(C)OC2C(=O)N1C(=O)OC(C)(C)C. The Bertz CT molecular complexity index is 441. The Hall–Kier alpha value is -1.18. The van der Waals surface area contributed by atoms with Crippen molar-refractivity contribution in [1.29, 1.82) is 0 Å². The summed E-state index contributed by atoms with van der Waals surface area (Å²) in [6.45, 7) is 8.88. The number of imide groups is 1. The number of hydrogen-bond donors (Lipinski definition) is 0. The van der Waals surface area contributed by atoms with Crippen molar-refractivity contribution in [2.75, 3.05) is 13.7 Å². The van der Waals surface area contributed by atoms with Crippen LogP contribution in [0.1, 0.15) is 34.6 Å². The van der Waals surface area contributed by atoms with Crippen LogP contribution in [0, 0.1) is 0 Å². The van der Waals surface area contributed by atoms with E-state index in [-0.39, 0.29) is 6.61 Å². The van der Waals surface area contributed by atoms with Gasteiger partial charge < -0.3 is 18.9 Å². The molecule has 3 unspecified atom stereocenters. The van der Waals surface area contributed by atoms with Crippen LogP contribution in [0.2, 0.25) is 0 Å². The molecule has 2 heterocycles. The lowest BCUT2D eigenvalue weighted by atomic mass is 10.1. The van der Waals surface area contributed by atoms with Gasteiger partial charge in [-0.05, 0) is 34.6 Å². The standard InChI is InChI=1S/C14H23NO6/c1-13(2,3)21-12(17)15-8(7-18-6)9-10(11(15)16)20-14(4,5)19-9/h8-10H,7H2,1-6H3. The van der Waals surface area contributed by atoms with Gasteiger partial charge in [-0.25, -0.2) is 9.69 Å². The zero-order chi connectivity index (χ0) is 16.0. The van der Waals surface area contributed by atoms with E-state index in [2.05, 4.69) is 0 Å². The number of nitrogens with zero attached hydrogens (tertiary/aromatic N) is 1. The first-order chi connectivity index (χ1) is 9.56. The first-order valence-corrected chi connectivity index (χ1v) is 6.96. The molecule has 2 rings (SSSR count). The maximum Gasteiger partial charge on any atom is 0.417 e. The summed E-state index contributed by atoms with van der Waals surface area (Å²) in [5.74, 6) is -1.29. The first kappa shape index (κ1) is 16.2. The van der Waals surface area contributed by atoms with Crippen LogP contribution in [0.4, 0.5) is 4.79 Å². The van der Waals surface area contributed by atoms with Crippen LogP contribution in [-0.2, 0) is 23.7 Å². The van der Waals surface area contributed by atoms with E-state index in [1.54, 1.807) is 34.6 Å². The van der Waals surface area contributed by atoms with Gasteiger partial charge in [0.15, 0.2) is 11.9 Å². The van der Waals surface area contributed by atoms with Crippen LogP contribution in [0.5, 0.6) is 0 Å². The molecule has 7 heteroatoms. The molecule has 2 saturated heterocycles. The number of hydrogen-bond acceptors (Lipinski definition) is 6. The average molecular weight is 301 g/mol. The number of methoxy groups -OCH3 is 1. The van der Waals surface area contributed by atoms with Crippen molar-refractivity contribution in [3.8, 4) is 0 Å². The molecule has 0 aromatic rings. The minimum absolute atomic E-state index is 0.172. The maximum atomic E-state index is 12.5. The van der Waals surface area contributed by atoms with Gasteiger partial charge in [-0.1, -0.05) is 0 Å². The topological polar surface area (TPSA) is 74.3 Å². The van der Waals surface area contributed by atoms with Crippen LogP contribution < -0.4 is 0 Å². The van der Waals surface area contributed by atoms with Gasteiger partial charge in [-0.15, -0.1) is 0 Å². The molecular weight excluding hydrogens is 278 g/mol. The van der Waals surface area contributed by atoms with Gasteiger partial charge in [-0.3, -0.25) is 4.79 Å². The molecule has 2 fully saturated rings. The van der Waals surface area contributed by atoms with Crippen molar-refractivity contribution < 1.29 is 28.5 Å². The lowest BCUT2D eigenvalue weighted by molar-refractivity contribution is -0.173. The lowest BCUT2D eigenvalue weighted by Gasteiger charge is -2.30. The summed E-state index contributed by atoms with van der Waals surface area (Å²) in [4.78, 5) is 25.8. The zero-order valence-electron chi connectivity index (χ0n) is 13.3. The Labute approximate surface area is 124 Å². The predicted octanol–water partition coefficient (Wildman–Crippen LogP) is 1.30. The van der Waals surface area contributed by atoms with E-state index in [9.17, 15) is 9.59 Å². The average Bonchev–Trinajstić information content (AvgIpc) is 2.72. The Balaban J connectivity index is 2.22. The molecule has 7 nitrogen and oxygen atoms in total. The number of carbonyl (C=O) groups is 2. The van der Waals surface area contributed by atoms with Gasteiger partial charge in [0.05, 0.1) is 12.6 Å². The Morgan fingerprint density at radius 2 is 1.95 bits per heavy atom. The minimum atomic E-state index is -0.850. The summed E-state index contributed by atoms with van der Waals surface area (Å²) < 4.78 is 21.8. The molecule has 120 valence electrons. The smallest absolute Gasteiger partial charge is 0.417 e. The van der Waals surface area contributed by atoms with Crippen LogP contribution >= 0.6 is 0 Å². The molecule has 21 heavy (non-hydrogen) atoms. The summed E-state index contributed by atoms with van der Waals surface area (Å²) in [5.41, 5.74) is -0.687. The number of carbonyl (C=O) groups excluding carboxylic acids is 2. The van der Waals surface area contributed by atoms with E-state index in [1.807, 2.05) is 0 Å². The summed E-state index contributed by atoms with van der Waals surface area (Å²) in [6, 6.07) is -0.552. The summed E-state index contributed by atoms with van der Waals surface area (Å²) in [7, 11) is 1.51. The van der Waals surface area contributed by atoms with Crippen molar-refractivity contribution >= 4 is 12.0 Å². The first-order valence-electron chi connectivity index (χ1n) is 6.96. The molecule has 0 N–H and O–H groups in total. The normalized spacial score (nSPS) is 31.4. The van der Waals surface area contributed by atoms with Gasteiger partial charge in [0.2, 0.25) is 0 Å². The highest BCUT2D eigenvalue weighted by Crippen LogP contribution is 2.38. The molecule has 0 spiro atoms. The third-order valence-corrected chi connectivity index (χ3v) is 3.25. The van der Waals surface area contributed by atoms with Crippen LogP contribution in [0.3, 0.4) is 0 Å². The molecule has 0 radical (unpaired) electrons. The molecule has 0 bridgehead atoms. The van der Waals surface area contributed by atoms with E-state index < -0.39 is 41.6 Å². The molecule has 0 aromatic carbocycles. The number of likely N-dealkylation sites (tertiary alicyclic amines) is 1. The second-order valence-electron chi connectivity index (χ2n) is 6.73. The van der Waals surface area contributed by atoms with Crippen molar-refractivity contribution in [2.24, 2.45) is 0 Å². The molecule has 0 saturated carbocycles. The van der Waals surface area contributed by atoms with E-state index >= 15 is 0 Å². The quantitative estimate of drug-likeness (QED) is 0.765. The van der Waals surface area contributed by atoms with Gasteiger partial charge in [0.1, 0.15) is 11.7 Å². The number of ether oxygens (including phenoxy) is 4. The minimum Gasteiger partial charge on any atom is -0.443 e. The second kappa shape index (κ2) is 5.23. The fraction of sp³-hybridized carbons (Fsp3) is 0.857. The summed E-state index contributed by atoms with van der Waals surface area (Å²) in [5, 5.41) is 0. The Morgan fingerprint density at radius 3 is 2.48 bits per heavy atom.